The molecule has 0 aromatic heterocycles. The van der Waals surface area contributed by atoms with Crippen LogP contribution >= 0.6 is 0 Å². The standard InChI is InChI=1S/C13H28N2O2/c1-13(2,15-7-10-17-11-8-15)12(14-3)6-5-9-16-4/h12,14H,5-11H2,1-4H3. The van der Waals surface area contributed by atoms with Gasteiger partial charge in [-0.15, -0.1) is 0 Å². The molecule has 1 aliphatic rings. The minimum absolute atomic E-state index is 0.173. The lowest BCUT2D eigenvalue weighted by molar-refractivity contribution is -0.0242. The minimum Gasteiger partial charge on any atom is -0.385 e. The van der Waals surface area contributed by atoms with Crippen molar-refractivity contribution in [2.45, 2.75) is 38.3 Å². The predicted molar refractivity (Wildman–Crippen MR) is 70.4 cm³/mol. The first-order valence-electron chi connectivity index (χ1n) is 6.62. The highest BCUT2D eigenvalue weighted by molar-refractivity contribution is 4.93. The van der Waals surface area contributed by atoms with E-state index in [1.807, 2.05) is 0 Å². The molecular weight excluding hydrogens is 216 g/mol. The van der Waals surface area contributed by atoms with Gasteiger partial charge in [0.05, 0.1) is 13.2 Å². The van der Waals surface area contributed by atoms with Crippen LogP contribution in [-0.4, -0.2) is 63.5 Å². The lowest BCUT2D eigenvalue weighted by atomic mass is 9.88. The summed E-state index contributed by atoms with van der Waals surface area (Å²) in [4.78, 5) is 2.53. The molecule has 1 aliphatic heterocycles. The van der Waals surface area contributed by atoms with Gasteiger partial charge in [0.2, 0.25) is 0 Å². The highest BCUT2D eigenvalue weighted by atomic mass is 16.5. The van der Waals surface area contributed by atoms with Crippen molar-refractivity contribution < 1.29 is 9.47 Å². The van der Waals surface area contributed by atoms with E-state index in [0.29, 0.717) is 6.04 Å². The average Bonchev–Trinajstić information content (AvgIpc) is 2.35. The molecule has 1 atom stereocenters. The van der Waals surface area contributed by atoms with E-state index in [1.165, 1.54) is 0 Å². The van der Waals surface area contributed by atoms with Gasteiger partial charge in [-0.2, -0.15) is 0 Å². The number of rotatable bonds is 7. The van der Waals surface area contributed by atoms with Crippen molar-refractivity contribution in [3.8, 4) is 0 Å². The van der Waals surface area contributed by atoms with Gasteiger partial charge in [-0.05, 0) is 33.7 Å². The highest BCUT2D eigenvalue weighted by Crippen LogP contribution is 2.23. The largest absolute Gasteiger partial charge is 0.385 e. The molecule has 0 aromatic rings. The van der Waals surface area contributed by atoms with Gasteiger partial charge >= 0.3 is 0 Å². The number of nitrogens with one attached hydrogen (secondary N) is 1. The molecule has 0 aromatic carbocycles. The number of morpholine rings is 1. The maximum Gasteiger partial charge on any atom is 0.0594 e. The summed E-state index contributed by atoms with van der Waals surface area (Å²) in [5.41, 5.74) is 0.173. The maximum atomic E-state index is 5.42. The Balaban J connectivity index is 2.50. The maximum absolute atomic E-state index is 5.42. The zero-order chi connectivity index (χ0) is 12.7. The molecule has 0 saturated carbocycles. The van der Waals surface area contributed by atoms with Gasteiger partial charge in [0.1, 0.15) is 0 Å². The van der Waals surface area contributed by atoms with Gasteiger partial charge in [0, 0.05) is 38.4 Å². The predicted octanol–water partition coefficient (Wildman–Crippen LogP) is 1.11. The highest BCUT2D eigenvalue weighted by Gasteiger charge is 2.34. The first-order valence-corrected chi connectivity index (χ1v) is 6.62. The number of hydrogen-bond acceptors (Lipinski definition) is 4. The third-order valence-electron chi connectivity index (χ3n) is 3.87. The second-order valence-electron chi connectivity index (χ2n) is 5.23. The van der Waals surface area contributed by atoms with Crippen LogP contribution in [0.2, 0.25) is 0 Å². The molecule has 0 amide bonds. The lowest BCUT2D eigenvalue weighted by Gasteiger charge is -2.45. The normalized spacial score (nSPS) is 20.5. The number of ether oxygens (including phenoxy) is 2. The molecule has 0 spiro atoms. The summed E-state index contributed by atoms with van der Waals surface area (Å²) < 4.78 is 10.6. The van der Waals surface area contributed by atoms with E-state index in [2.05, 4.69) is 31.1 Å². The van der Waals surface area contributed by atoms with Crippen molar-refractivity contribution in [3.05, 3.63) is 0 Å². The van der Waals surface area contributed by atoms with Crippen molar-refractivity contribution in [1.29, 1.82) is 0 Å². The molecule has 1 unspecified atom stereocenters. The summed E-state index contributed by atoms with van der Waals surface area (Å²) in [7, 11) is 3.82. The Labute approximate surface area is 106 Å². The van der Waals surface area contributed by atoms with Crippen LogP contribution in [0.1, 0.15) is 26.7 Å². The van der Waals surface area contributed by atoms with Crippen LogP contribution in [0.15, 0.2) is 0 Å². The van der Waals surface area contributed by atoms with Crippen LogP contribution in [-0.2, 0) is 9.47 Å². The summed E-state index contributed by atoms with van der Waals surface area (Å²) in [5.74, 6) is 0. The van der Waals surface area contributed by atoms with Crippen LogP contribution in [0, 0.1) is 0 Å². The molecule has 0 radical (unpaired) electrons. The summed E-state index contributed by atoms with van der Waals surface area (Å²) in [6.07, 6.45) is 2.25. The molecule has 0 bridgehead atoms. The second-order valence-corrected chi connectivity index (χ2v) is 5.23. The van der Waals surface area contributed by atoms with Gasteiger partial charge < -0.3 is 14.8 Å². The monoisotopic (exact) mass is 244 g/mol. The first kappa shape index (κ1) is 14.9. The van der Waals surface area contributed by atoms with E-state index in [9.17, 15) is 0 Å². The molecule has 1 rings (SSSR count). The van der Waals surface area contributed by atoms with Crippen molar-refractivity contribution in [3.63, 3.8) is 0 Å². The van der Waals surface area contributed by atoms with Crippen molar-refractivity contribution >= 4 is 0 Å². The molecule has 4 heteroatoms. The number of nitrogens with zero attached hydrogens (tertiary/aromatic N) is 1. The Morgan fingerprint density at radius 2 is 2.00 bits per heavy atom. The van der Waals surface area contributed by atoms with E-state index in [-0.39, 0.29) is 5.54 Å². The van der Waals surface area contributed by atoms with E-state index >= 15 is 0 Å². The average molecular weight is 244 g/mol. The molecule has 1 saturated heterocycles. The molecule has 1 N–H and O–H groups in total. The van der Waals surface area contributed by atoms with Crippen LogP contribution in [0.4, 0.5) is 0 Å². The zero-order valence-electron chi connectivity index (χ0n) is 11.8. The Bertz CT molecular complexity index is 204. The summed E-state index contributed by atoms with van der Waals surface area (Å²) in [5, 5.41) is 3.46. The van der Waals surface area contributed by atoms with Gasteiger partial charge in [-0.3, -0.25) is 4.90 Å². The van der Waals surface area contributed by atoms with Crippen LogP contribution < -0.4 is 5.32 Å². The van der Waals surface area contributed by atoms with E-state index < -0.39 is 0 Å². The van der Waals surface area contributed by atoms with E-state index in [1.54, 1.807) is 7.11 Å². The smallest absolute Gasteiger partial charge is 0.0594 e. The van der Waals surface area contributed by atoms with Gasteiger partial charge in [-0.1, -0.05) is 0 Å². The van der Waals surface area contributed by atoms with E-state index in [0.717, 1.165) is 45.8 Å². The summed E-state index contributed by atoms with van der Waals surface area (Å²) >= 11 is 0. The van der Waals surface area contributed by atoms with Crippen LogP contribution in [0.3, 0.4) is 0 Å². The Morgan fingerprint density at radius 1 is 1.35 bits per heavy atom. The van der Waals surface area contributed by atoms with Gasteiger partial charge in [0.25, 0.3) is 0 Å². The number of methoxy groups -OCH3 is 1. The first-order chi connectivity index (χ1) is 8.12. The minimum atomic E-state index is 0.173. The third-order valence-corrected chi connectivity index (χ3v) is 3.87. The number of likely N-dealkylation sites (N-methyl/N-ethyl adjacent to an activating group) is 1. The van der Waals surface area contributed by atoms with Crippen molar-refractivity contribution in [2.75, 3.05) is 47.1 Å². The number of hydrogen-bond donors (Lipinski definition) is 1. The molecular formula is C13H28N2O2. The summed E-state index contributed by atoms with van der Waals surface area (Å²) in [6.45, 7) is 9.29. The molecule has 102 valence electrons. The summed E-state index contributed by atoms with van der Waals surface area (Å²) in [6, 6.07) is 0.496. The third kappa shape index (κ3) is 4.21. The molecule has 0 aliphatic carbocycles. The quantitative estimate of drug-likeness (QED) is 0.680. The topological polar surface area (TPSA) is 33.7 Å². The van der Waals surface area contributed by atoms with Crippen molar-refractivity contribution in [2.24, 2.45) is 0 Å². The molecule has 17 heavy (non-hydrogen) atoms. The van der Waals surface area contributed by atoms with Crippen LogP contribution in [0.25, 0.3) is 0 Å². The fraction of sp³-hybridized carbons (Fsp3) is 1.00. The second kappa shape index (κ2) is 7.31. The zero-order valence-corrected chi connectivity index (χ0v) is 11.8. The lowest BCUT2D eigenvalue weighted by Crippen LogP contribution is -2.59. The van der Waals surface area contributed by atoms with Crippen LogP contribution in [0.5, 0.6) is 0 Å². The SMILES string of the molecule is CNC(CCCOC)C(C)(C)N1CCOCC1. The van der Waals surface area contributed by atoms with E-state index in [4.69, 9.17) is 9.47 Å². The Kier molecular flexibility index (Phi) is 6.41. The fourth-order valence-corrected chi connectivity index (χ4v) is 2.64. The fourth-order valence-electron chi connectivity index (χ4n) is 2.64. The van der Waals surface area contributed by atoms with Crippen molar-refractivity contribution in [1.82, 2.24) is 10.2 Å². The van der Waals surface area contributed by atoms with Gasteiger partial charge in [0.15, 0.2) is 0 Å². The molecule has 1 heterocycles. The Morgan fingerprint density at radius 3 is 2.53 bits per heavy atom. The molecule has 1 fully saturated rings. The Hall–Kier alpha value is -0.160. The van der Waals surface area contributed by atoms with Gasteiger partial charge in [-0.25, -0.2) is 0 Å². The molecule has 4 nitrogen and oxygen atoms in total.